The second-order valence-electron chi connectivity index (χ2n) is 4.34. The van der Waals surface area contributed by atoms with E-state index in [1.165, 1.54) is 0 Å². The molecule has 82 valence electrons. The molecule has 0 radical (unpaired) electrons. The molecule has 0 bridgehead atoms. The summed E-state index contributed by atoms with van der Waals surface area (Å²) >= 11 is 0. The number of quaternary nitrogens is 1. The molecule has 0 heterocycles. The SMILES string of the molecule is CC(=O)[N+](C)(C)CCc1ccc(O)cc1. The van der Waals surface area contributed by atoms with Crippen LogP contribution in [0.25, 0.3) is 0 Å². The number of likely N-dealkylation sites (N-methyl/N-ethyl adjacent to an activating group) is 1. The van der Waals surface area contributed by atoms with Gasteiger partial charge in [-0.3, -0.25) is 4.48 Å². The number of rotatable bonds is 3. The van der Waals surface area contributed by atoms with E-state index in [1.807, 2.05) is 26.2 Å². The summed E-state index contributed by atoms with van der Waals surface area (Å²) in [6.07, 6.45) is 0.840. The van der Waals surface area contributed by atoms with Crippen molar-refractivity contribution in [2.45, 2.75) is 13.3 Å². The molecule has 0 unspecified atom stereocenters. The first-order chi connectivity index (χ1) is 6.92. The number of phenols is 1. The molecule has 3 nitrogen and oxygen atoms in total. The molecular formula is C12H18NO2+. The van der Waals surface area contributed by atoms with E-state index in [1.54, 1.807) is 19.1 Å². The highest BCUT2D eigenvalue weighted by Gasteiger charge is 2.20. The Morgan fingerprint density at radius 2 is 1.80 bits per heavy atom. The van der Waals surface area contributed by atoms with Crippen LogP contribution in [0, 0.1) is 0 Å². The molecule has 0 aliphatic rings. The number of hydrogen-bond donors (Lipinski definition) is 1. The molecule has 15 heavy (non-hydrogen) atoms. The van der Waals surface area contributed by atoms with Crippen molar-refractivity contribution in [3.8, 4) is 5.75 Å². The van der Waals surface area contributed by atoms with Crippen molar-refractivity contribution in [2.75, 3.05) is 20.6 Å². The smallest absolute Gasteiger partial charge is 0.310 e. The number of carbonyl (C=O) groups is 1. The van der Waals surface area contributed by atoms with Crippen molar-refractivity contribution >= 4 is 5.91 Å². The van der Waals surface area contributed by atoms with Crippen LogP contribution >= 0.6 is 0 Å². The van der Waals surface area contributed by atoms with Crippen LogP contribution < -0.4 is 0 Å². The molecular weight excluding hydrogens is 190 g/mol. The second-order valence-corrected chi connectivity index (χ2v) is 4.34. The summed E-state index contributed by atoms with van der Waals surface area (Å²) in [6, 6.07) is 7.11. The molecule has 0 aliphatic carbocycles. The molecule has 0 aliphatic heterocycles. The first-order valence-corrected chi connectivity index (χ1v) is 5.04. The van der Waals surface area contributed by atoms with Gasteiger partial charge in [-0.15, -0.1) is 0 Å². The Kier molecular flexibility index (Phi) is 3.48. The fourth-order valence-corrected chi connectivity index (χ4v) is 1.23. The number of phenolic OH excluding ortho intramolecular Hbond substituents is 1. The van der Waals surface area contributed by atoms with E-state index >= 15 is 0 Å². The van der Waals surface area contributed by atoms with Gasteiger partial charge in [0.25, 0.3) is 0 Å². The van der Waals surface area contributed by atoms with Crippen molar-refractivity contribution < 1.29 is 14.4 Å². The minimum Gasteiger partial charge on any atom is -0.508 e. The normalized spacial score (nSPS) is 11.4. The van der Waals surface area contributed by atoms with Crippen LogP contribution in [0.4, 0.5) is 0 Å². The summed E-state index contributed by atoms with van der Waals surface area (Å²) in [5.74, 6) is 0.438. The molecule has 0 spiro atoms. The Balaban J connectivity index is 2.57. The number of aromatic hydroxyl groups is 1. The number of nitrogens with zero attached hydrogens (tertiary/aromatic N) is 1. The van der Waals surface area contributed by atoms with E-state index in [4.69, 9.17) is 5.11 Å². The second kappa shape index (κ2) is 4.45. The topological polar surface area (TPSA) is 37.3 Å². The third-order valence-corrected chi connectivity index (χ3v) is 2.75. The average molecular weight is 208 g/mol. The van der Waals surface area contributed by atoms with Crippen LogP contribution in [0.3, 0.4) is 0 Å². The first kappa shape index (κ1) is 11.7. The fourth-order valence-electron chi connectivity index (χ4n) is 1.23. The Bertz CT molecular complexity index is 341. The molecule has 0 fully saturated rings. The molecule has 1 aromatic carbocycles. The number of hydrogen-bond acceptors (Lipinski definition) is 2. The van der Waals surface area contributed by atoms with Gasteiger partial charge >= 0.3 is 5.91 Å². The molecule has 0 saturated heterocycles. The highest BCUT2D eigenvalue weighted by atomic mass is 16.3. The number of benzene rings is 1. The van der Waals surface area contributed by atoms with Gasteiger partial charge in [-0.1, -0.05) is 12.1 Å². The molecule has 1 aromatic rings. The molecule has 0 saturated carbocycles. The van der Waals surface area contributed by atoms with Gasteiger partial charge in [-0.25, -0.2) is 4.79 Å². The molecule has 1 rings (SSSR count). The minimum absolute atomic E-state index is 0.161. The Labute approximate surface area is 90.5 Å². The Hall–Kier alpha value is -1.35. The summed E-state index contributed by atoms with van der Waals surface area (Å²) < 4.78 is 0.390. The van der Waals surface area contributed by atoms with Crippen molar-refractivity contribution in [2.24, 2.45) is 0 Å². The van der Waals surface area contributed by atoms with Gasteiger partial charge in [0.1, 0.15) is 5.75 Å². The lowest BCUT2D eigenvalue weighted by molar-refractivity contribution is -0.812. The standard InChI is InChI=1S/C12H17NO2/c1-10(14)13(2,3)9-8-11-4-6-12(15)7-5-11/h4-7H,8-9H2,1-3H3/p+1. The first-order valence-electron chi connectivity index (χ1n) is 5.04. The van der Waals surface area contributed by atoms with Gasteiger partial charge in [0.05, 0.1) is 27.6 Å². The molecule has 0 atom stereocenters. The molecule has 0 aromatic heterocycles. The third kappa shape index (κ3) is 3.36. The van der Waals surface area contributed by atoms with Gasteiger partial charge in [0, 0.05) is 6.42 Å². The lowest BCUT2D eigenvalue weighted by atomic mass is 10.1. The highest BCUT2D eigenvalue weighted by Crippen LogP contribution is 2.11. The maximum Gasteiger partial charge on any atom is 0.310 e. The van der Waals surface area contributed by atoms with Gasteiger partial charge < -0.3 is 5.11 Å². The van der Waals surface area contributed by atoms with Crippen LogP contribution in [0.2, 0.25) is 0 Å². The average Bonchev–Trinajstić information content (AvgIpc) is 2.17. The van der Waals surface area contributed by atoms with Crippen LogP contribution in [0.5, 0.6) is 5.75 Å². The zero-order valence-corrected chi connectivity index (χ0v) is 9.53. The lowest BCUT2D eigenvalue weighted by Gasteiger charge is -2.25. The van der Waals surface area contributed by atoms with Crippen molar-refractivity contribution in [3.05, 3.63) is 29.8 Å². The summed E-state index contributed by atoms with van der Waals surface area (Å²) in [7, 11) is 3.81. The van der Waals surface area contributed by atoms with Crippen LogP contribution in [-0.2, 0) is 11.2 Å². The molecule has 3 heteroatoms. The molecule has 1 amide bonds. The maximum absolute atomic E-state index is 11.3. The zero-order valence-electron chi connectivity index (χ0n) is 9.53. The largest absolute Gasteiger partial charge is 0.508 e. The summed E-state index contributed by atoms with van der Waals surface area (Å²) in [6.45, 7) is 2.39. The van der Waals surface area contributed by atoms with E-state index in [2.05, 4.69) is 0 Å². The van der Waals surface area contributed by atoms with Gasteiger partial charge in [0.2, 0.25) is 0 Å². The van der Waals surface area contributed by atoms with Crippen molar-refractivity contribution in [3.63, 3.8) is 0 Å². The number of carbonyl (C=O) groups excluding carboxylic acids is 1. The third-order valence-electron chi connectivity index (χ3n) is 2.75. The Morgan fingerprint density at radius 3 is 2.27 bits per heavy atom. The van der Waals surface area contributed by atoms with Crippen molar-refractivity contribution in [1.82, 2.24) is 0 Å². The van der Waals surface area contributed by atoms with E-state index < -0.39 is 0 Å². The fraction of sp³-hybridized carbons (Fsp3) is 0.417. The Morgan fingerprint density at radius 1 is 1.27 bits per heavy atom. The highest BCUT2D eigenvalue weighted by molar-refractivity contribution is 5.65. The van der Waals surface area contributed by atoms with E-state index in [0.29, 0.717) is 4.48 Å². The predicted octanol–water partition coefficient (Wildman–Crippen LogP) is 1.56. The predicted molar refractivity (Wildman–Crippen MR) is 59.5 cm³/mol. The quantitative estimate of drug-likeness (QED) is 0.765. The zero-order chi connectivity index (χ0) is 11.5. The van der Waals surface area contributed by atoms with Crippen LogP contribution in [0.15, 0.2) is 24.3 Å². The van der Waals surface area contributed by atoms with E-state index in [-0.39, 0.29) is 11.7 Å². The summed E-state index contributed by atoms with van der Waals surface area (Å²) in [5.41, 5.74) is 1.14. The maximum atomic E-state index is 11.3. The minimum atomic E-state index is 0.161. The van der Waals surface area contributed by atoms with Gasteiger partial charge in [-0.2, -0.15) is 0 Å². The van der Waals surface area contributed by atoms with Gasteiger partial charge in [-0.05, 0) is 17.7 Å². The van der Waals surface area contributed by atoms with Crippen molar-refractivity contribution in [1.29, 1.82) is 0 Å². The molecule has 1 N–H and O–H groups in total. The van der Waals surface area contributed by atoms with E-state index in [0.717, 1.165) is 18.5 Å². The van der Waals surface area contributed by atoms with Crippen LogP contribution in [0.1, 0.15) is 12.5 Å². The lowest BCUT2D eigenvalue weighted by Crippen LogP contribution is -2.45. The summed E-state index contributed by atoms with van der Waals surface area (Å²) in [4.78, 5) is 11.3. The number of amides is 1. The summed E-state index contributed by atoms with van der Waals surface area (Å²) in [5, 5.41) is 9.11. The van der Waals surface area contributed by atoms with Crippen LogP contribution in [-0.4, -0.2) is 36.1 Å². The van der Waals surface area contributed by atoms with Gasteiger partial charge in [0.15, 0.2) is 0 Å². The van der Waals surface area contributed by atoms with E-state index in [9.17, 15) is 4.79 Å². The monoisotopic (exact) mass is 208 g/mol.